The maximum absolute atomic E-state index is 13.6. The van der Waals surface area contributed by atoms with Crippen LogP contribution in [-0.4, -0.2) is 21.9 Å². The number of hydrogen-bond acceptors (Lipinski definition) is 4. The van der Waals surface area contributed by atoms with E-state index in [1.165, 1.54) is 0 Å². The summed E-state index contributed by atoms with van der Waals surface area (Å²) in [5.74, 6) is -0.584. The van der Waals surface area contributed by atoms with Crippen LogP contribution in [-0.2, 0) is 27.1 Å². The SMILES string of the molecule is CCOC(=O)C[C@H](N[S+]([O-])C(C)(C)C)c1cc(-c2ccccc2)cc(C(F)(F)F)c1. The van der Waals surface area contributed by atoms with E-state index in [0.29, 0.717) is 11.1 Å². The van der Waals surface area contributed by atoms with Gasteiger partial charge in [0.05, 0.1) is 24.6 Å². The monoisotopic (exact) mass is 441 g/mol. The van der Waals surface area contributed by atoms with Crippen LogP contribution in [0.15, 0.2) is 48.5 Å². The first-order valence-corrected chi connectivity index (χ1v) is 10.7. The lowest BCUT2D eigenvalue weighted by Gasteiger charge is -2.28. The average Bonchev–Trinajstić information content (AvgIpc) is 2.66. The van der Waals surface area contributed by atoms with E-state index in [0.717, 1.165) is 12.1 Å². The number of hydrogen-bond donors (Lipinski definition) is 1. The van der Waals surface area contributed by atoms with E-state index in [1.807, 2.05) is 0 Å². The molecule has 1 unspecified atom stereocenters. The van der Waals surface area contributed by atoms with Crippen LogP contribution in [0.2, 0.25) is 0 Å². The molecule has 0 fully saturated rings. The third-order valence-electron chi connectivity index (χ3n) is 4.27. The molecule has 0 saturated carbocycles. The summed E-state index contributed by atoms with van der Waals surface area (Å²) in [5, 5.41) is 0. The van der Waals surface area contributed by atoms with Gasteiger partial charge in [-0.2, -0.15) is 13.2 Å². The molecule has 1 N–H and O–H groups in total. The second kappa shape index (κ2) is 9.85. The molecule has 30 heavy (non-hydrogen) atoms. The Labute approximate surface area is 178 Å². The minimum absolute atomic E-state index is 0.145. The van der Waals surface area contributed by atoms with Gasteiger partial charge in [-0.25, -0.2) is 0 Å². The van der Waals surface area contributed by atoms with E-state index in [1.54, 1.807) is 64.1 Å². The Morgan fingerprint density at radius 1 is 1.10 bits per heavy atom. The Morgan fingerprint density at radius 2 is 1.73 bits per heavy atom. The first kappa shape index (κ1) is 24.2. The van der Waals surface area contributed by atoms with Crippen molar-refractivity contribution >= 4 is 17.3 Å². The highest BCUT2D eigenvalue weighted by Crippen LogP contribution is 2.36. The van der Waals surface area contributed by atoms with Crippen molar-refractivity contribution < 1.29 is 27.3 Å². The molecule has 2 aromatic carbocycles. The molecule has 2 aromatic rings. The summed E-state index contributed by atoms with van der Waals surface area (Å²) in [4.78, 5) is 12.1. The van der Waals surface area contributed by atoms with Crippen LogP contribution in [0.5, 0.6) is 0 Å². The van der Waals surface area contributed by atoms with E-state index >= 15 is 0 Å². The molecule has 0 aliphatic rings. The number of nitrogens with one attached hydrogen (secondary N) is 1. The van der Waals surface area contributed by atoms with Gasteiger partial charge in [0, 0.05) is 11.4 Å². The van der Waals surface area contributed by atoms with Crippen LogP contribution in [0.4, 0.5) is 13.2 Å². The van der Waals surface area contributed by atoms with E-state index in [-0.39, 0.29) is 18.6 Å². The first-order valence-electron chi connectivity index (χ1n) is 9.53. The average molecular weight is 442 g/mol. The van der Waals surface area contributed by atoms with Crippen molar-refractivity contribution in [2.45, 2.75) is 51.1 Å². The molecule has 2 atom stereocenters. The molecule has 164 valence electrons. The molecule has 0 aromatic heterocycles. The molecular weight excluding hydrogens is 415 g/mol. The molecule has 8 heteroatoms. The van der Waals surface area contributed by atoms with Gasteiger partial charge < -0.3 is 9.29 Å². The highest BCUT2D eigenvalue weighted by Gasteiger charge is 2.35. The zero-order chi connectivity index (χ0) is 22.5. The van der Waals surface area contributed by atoms with Gasteiger partial charge in [0.25, 0.3) is 0 Å². The second-order valence-electron chi connectivity index (χ2n) is 7.77. The summed E-state index contributed by atoms with van der Waals surface area (Å²) in [6.07, 6.45) is -4.82. The lowest BCUT2D eigenvalue weighted by molar-refractivity contribution is -0.143. The van der Waals surface area contributed by atoms with Gasteiger partial charge in [0.1, 0.15) is 4.75 Å². The van der Waals surface area contributed by atoms with Crippen molar-refractivity contribution in [1.82, 2.24) is 4.72 Å². The molecule has 0 amide bonds. The van der Waals surface area contributed by atoms with Crippen LogP contribution in [0, 0.1) is 0 Å². The largest absolute Gasteiger partial charge is 0.598 e. The van der Waals surface area contributed by atoms with Crippen LogP contribution in [0.1, 0.15) is 51.3 Å². The normalized spacial score (nSPS) is 14.3. The Balaban J connectivity index is 2.55. The zero-order valence-corrected chi connectivity index (χ0v) is 18.2. The quantitative estimate of drug-likeness (QED) is 0.460. The van der Waals surface area contributed by atoms with Crippen LogP contribution in [0.25, 0.3) is 11.1 Å². The maximum Gasteiger partial charge on any atom is 0.416 e. The van der Waals surface area contributed by atoms with Gasteiger partial charge in [-0.1, -0.05) is 30.3 Å². The zero-order valence-electron chi connectivity index (χ0n) is 17.4. The minimum atomic E-state index is -4.57. The fourth-order valence-corrected chi connectivity index (χ4v) is 3.57. The molecule has 0 bridgehead atoms. The van der Waals surface area contributed by atoms with E-state index in [4.69, 9.17) is 4.74 Å². The van der Waals surface area contributed by atoms with Crippen molar-refractivity contribution in [3.63, 3.8) is 0 Å². The summed E-state index contributed by atoms with van der Waals surface area (Å²) >= 11 is -1.61. The topological polar surface area (TPSA) is 61.4 Å². The summed E-state index contributed by atoms with van der Waals surface area (Å²) in [7, 11) is 0. The minimum Gasteiger partial charge on any atom is -0.598 e. The number of benzene rings is 2. The fraction of sp³-hybridized carbons (Fsp3) is 0.409. The van der Waals surface area contributed by atoms with Gasteiger partial charge in [-0.15, -0.1) is 4.72 Å². The lowest BCUT2D eigenvalue weighted by atomic mass is 9.95. The number of halogens is 3. The number of alkyl halides is 3. The third-order valence-corrected chi connectivity index (χ3v) is 5.88. The summed E-state index contributed by atoms with van der Waals surface area (Å²) in [6, 6.07) is 11.4. The second-order valence-corrected chi connectivity index (χ2v) is 9.77. The van der Waals surface area contributed by atoms with E-state index < -0.39 is 39.9 Å². The Morgan fingerprint density at radius 3 is 2.27 bits per heavy atom. The van der Waals surface area contributed by atoms with E-state index in [9.17, 15) is 22.5 Å². The van der Waals surface area contributed by atoms with Crippen molar-refractivity contribution in [2.75, 3.05) is 6.61 Å². The maximum atomic E-state index is 13.6. The van der Waals surface area contributed by atoms with Crippen molar-refractivity contribution in [3.05, 3.63) is 59.7 Å². The molecule has 0 spiro atoms. The first-order chi connectivity index (χ1) is 13.9. The molecule has 0 aliphatic heterocycles. The lowest BCUT2D eigenvalue weighted by Crippen LogP contribution is -2.42. The van der Waals surface area contributed by atoms with Crippen molar-refractivity contribution in [2.24, 2.45) is 0 Å². The summed E-state index contributed by atoms with van der Waals surface area (Å²) < 4.78 is 60.5. The smallest absolute Gasteiger partial charge is 0.416 e. The number of esters is 1. The van der Waals surface area contributed by atoms with Crippen LogP contribution >= 0.6 is 0 Å². The van der Waals surface area contributed by atoms with Gasteiger partial charge in [-0.05, 0) is 62.6 Å². The summed E-state index contributed by atoms with van der Waals surface area (Å²) in [5.41, 5.74) is 0.347. The van der Waals surface area contributed by atoms with Gasteiger partial charge in [-0.3, -0.25) is 4.79 Å². The molecule has 0 saturated heterocycles. The molecule has 0 radical (unpaired) electrons. The highest BCUT2D eigenvalue weighted by atomic mass is 32.2. The Bertz CT molecular complexity index is 851. The third kappa shape index (κ3) is 6.75. The summed E-state index contributed by atoms with van der Waals surface area (Å²) in [6.45, 7) is 6.99. The van der Waals surface area contributed by atoms with Gasteiger partial charge >= 0.3 is 12.1 Å². The Hall–Kier alpha value is -2.03. The van der Waals surface area contributed by atoms with Gasteiger partial charge in [0.2, 0.25) is 0 Å². The Kier molecular flexibility index (Phi) is 7.96. The predicted molar refractivity (Wildman–Crippen MR) is 112 cm³/mol. The molecular formula is C22H26F3NO3S. The highest BCUT2D eigenvalue weighted by molar-refractivity contribution is 7.90. The van der Waals surface area contributed by atoms with Gasteiger partial charge in [0.15, 0.2) is 0 Å². The fourth-order valence-electron chi connectivity index (χ4n) is 2.73. The predicted octanol–water partition coefficient (Wildman–Crippen LogP) is 5.42. The molecule has 0 aliphatic carbocycles. The number of rotatable bonds is 7. The van der Waals surface area contributed by atoms with E-state index in [2.05, 4.69) is 4.72 Å². The molecule has 0 heterocycles. The molecule has 4 nitrogen and oxygen atoms in total. The number of ether oxygens (including phenoxy) is 1. The molecule has 2 rings (SSSR count). The van der Waals surface area contributed by atoms with Crippen molar-refractivity contribution in [3.8, 4) is 11.1 Å². The van der Waals surface area contributed by atoms with Crippen LogP contribution < -0.4 is 4.72 Å². The van der Waals surface area contributed by atoms with Crippen molar-refractivity contribution in [1.29, 1.82) is 0 Å². The number of carbonyl (C=O) groups excluding carboxylic acids is 1. The number of carbonyl (C=O) groups is 1. The van der Waals surface area contributed by atoms with Crippen LogP contribution in [0.3, 0.4) is 0 Å². The standard InChI is InChI=1S/C22H26F3NO3S/c1-5-29-20(27)14-19(26-30(28)21(2,3)4)17-11-16(15-9-7-6-8-10-15)12-18(13-17)22(23,24)25/h6-13,19,26H,5,14H2,1-4H3/t19-,30?/m0/s1.